The summed E-state index contributed by atoms with van der Waals surface area (Å²) in [6.45, 7) is 9.39. The second-order valence-electron chi connectivity index (χ2n) is 25.9. The maximum absolute atomic E-state index is 13.9. The van der Waals surface area contributed by atoms with Gasteiger partial charge in [0.25, 0.3) is 0 Å². The van der Waals surface area contributed by atoms with Gasteiger partial charge < -0.3 is 43.1 Å². The first-order valence-electron chi connectivity index (χ1n) is 36.8. The van der Waals surface area contributed by atoms with Gasteiger partial charge in [-0.15, -0.1) is 0 Å². The lowest BCUT2D eigenvalue weighted by atomic mass is 10.1. The molecule has 0 atom stereocenters. The molecule has 0 aromatic carbocycles. The van der Waals surface area contributed by atoms with E-state index in [-0.39, 0.29) is 121 Å². The van der Waals surface area contributed by atoms with Crippen LogP contribution >= 0.6 is 0 Å². The minimum absolute atomic E-state index is 0.000873. The third kappa shape index (κ3) is 58.9. The van der Waals surface area contributed by atoms with Gasteiger partial charge in [0.1, 0.15) is 13.2 Å². The molecule has 0 spiro atoms. The topological polar surface area (TPSA) is 185 Å². The van der Waals surface area contributed by atoms with Crippen LogP contribution in [0.5, 0.6) is 0 Å². The van der Waals surface area contributed by atoms with E-state index in [2.05, 4.69) is 27.7 Å². The smallest absolute Gasteiger partial charge is 0.319 e. The fraction of sp³-hybridized carbons (Fsp3) is 0.904. The molecule has 522 valence electrons. The molecule has 0 aromatic heterocycles. The van der Waals surface area contributed by atoms with Gasteiger partial charge in [0.05, 0.1) is 52.4 Å². The van der Waals surface area contributed by atoms with Gasteiger partial charge in [-0.25, -0.2) is 4.79 Å². The van der Waals surface area contributed by atoms with Crippen molar-refractivity contribution in [2.45, 2.75) is 329 Å². The van der Waals surface area contributed by atoms with Gasteiger partial charge in [-0.1, -0.05) is 259 Å². The fourth-order valence-corrected chi connectivity index (χ4v) is 10.9. The summed E-state index contributed by atoms with van der Waals surface area (Å²) in [6.07, 6.45) is 47.4. The van der Waals surface area contributed by atoms with Crippen LogP contribution in [0.1, 0.15) is 329 Å². The van der Waals surface area contributed by atoms with Crippen LogP contribution in [0.3, 0.4) is 0 Å². The molecule has 16 heteroatoms. The molecule has 16 nitrogen and oxygen atoms in total. The van der Waals surface area contributed by atoms with Gasteiger partial charge in [0.2, 0.25) is 0 Å². The number of carbonyl (C=O) groups is 7. The minimum atomic E-state index is -0.624. The third-order valence-corrected chi connectivity index (χ3v) is 16.7. The summed E-state index contributed by atoms with van der Waals surface area (Å²) in [5.74, 6) is -3.84. The Morgan fingerprint density at radius 2 is 0.506 bits per heavy atom. The SMILES string of the molecule is CCCCCCCCCCCCC(=O)OCC(COC(=O)CCCCCCCCCCCC)CC(=O)OCCN(CCOC(=O)CC(COC(=O)CCCCCCCCCCCC)COC(=O)CCCCCCCCCCCC)C(=O)N(C)CCCN(C)C. The number of hydrogen-bond acceptors (Lipinski definition) is 14. The molecule has 0 saturated carbocycles. The first-order valence-corrected chi connectivity index (χ1v) is 36.8. The number of ether oxygens (including phenoxy) is 6. The maximum Gasteiger partial charge on any atom is 0.319 e. The van der Waals surface area contributed by atoms with Crippen molar-refractivity contribution >= 4 is 41.8 Å². The number of esters is 6. The molecule has 0 saturated heterocycles. The largest absolute Gasteiger partial charge is 0.465 e. The van der Waals surface area contributed by atoms with Crippen molar-refractivity contribution in [3.05, 3.63) is 0 Å². The van der Waals surface area contributed by atoms with E-state index in [0.29, 0.717) is 6.54 Å². The van der Waals surface area contributed by atoms with Gasteiger partial charge in [-0.3, -0.25) is 28.8 Å². The Bertz CT molecular complexity index is 1520. The molecule has 0 rings (SSSR count). The van der Waals surface area contributed by atoms with E-state index in [9.17, 15) is 33.6 Å². The number of rotatable bonds is 66. The maximum atomic E-state index is 13.9. The van der Waals surface area contributed by atoms with Crippen LogP contribution in [0.2, 0.25) is 0 Å². The summed E-state index contributed by atoms with van der Waals surface area (Å²) in [5.41, 5.74) is 0. The standard InChI is InChI=1S/C73H137N3O13/c1-8-12-16-20-24-28-32-36-40-44-49-67(77)86-61-65(62-87-68(78)50-45-41-37-33-29-25-21-17-13-9-2)59-71(81)84-57-55-76(73(83)75(7)54-48-53-74(5)6)56-58-85-72(82)60-66(63-88-69(79)51-46-42-38-34-30-26-22-18-14-10-3)64-89-70(80)52-47-43-39-35-31-27-23-19-15-11-4/h65-66H,8-64H2,1-7H3. The van der Waals surface area contributed by atoms with E-state index < -0.39 is 23.8 Å². The Balaban J connectivity index is 5.72. The van der Waals surface area contributed by atoms with E-state index in [4.69, 9.17) is 28.4 Å². The summed E-state index contributed by atoms with van der Waals surface area (Å²) in [5, 5.41) is 0. The predicted octanol–water partition coefficient (Wildman–Crippen LogP) is 17.8. The van der Waals surface area contributed by atoms with Crippen LogP contribution in [0.15, 0.2) is 0 Å². The van der Waals surface area contributed by atoms with Gasteiger partial charge in [-0.2, -0.15) is 0 Å². The summed E-state index contributed by atoms with van der Waals surface area (Å²) >= 11 is 0. The molecule has 0 heterocycles. The molecule has 0 aliphatic heterocycles. The fourth-order valence-electron chi connectivity index (χ4n) is 10.9. The number of amides is 2. The highest BCUT2D eigenvalue weighted by molar-refractivity contribution is 5.75. The second kappa shape index (κ2) is 64.2. The summed E-state index contributed by atoms with van der Waals surface area (Å²) in [4.78, 5) is 97.6. The van der Waals surface area contributed by atoms with Crippen molar-refractivity contribution < 1.29 is 62.0 Å². The number of carbonyl (C=O) groups excluding carboxylic acids is 7. The van der Waals surface area contributed by atoms with Crippen LogP contribution in [-0.4, -0.2) is 144 Å². The molecule has 0 aliphatic rings. The third-order valence-electron chi connectivity index (χ3n) is 16.7. The second-order valence-corrected chi connectivity index (χ2v) is 25.9. The number of nitrogens with zero attached hydrogens (tertiary/aromatic N) is 3. The first-order chi connectivity index (χ1) is 43.3. The highest BCUT2D eigenvalue weighted by Crippen LogP contribution is 2.18. The van der Waals surface area contributed by atoms with Crippen molar-refractivity contribution in [2.75, 3.05) is 87.0 Å². The normalized spacial score (nSPS) is 11.3. The number of urea groups is 1. The molecule has 0 bridgehead atoms. The summed E-state index contributed by atoms with van der Waals surface area (Å²) in [6, 6.07) is -0.334. The molecular weight excluding hydrogens is 1130 g/mol. The Morgan fingerprint density at radius 3 is 0.742 bits per heavy atom. The van der Waals surface area contributed by atoms with Crippen LogP contribution in [0, 0.1) is 11.8 Å². The van der Waals surface area contributed by atoms with Crippen LogP contribution in [0.25, 0.3) is 0 Å². The van der Waals surface area contributed by atoms with E-state index in [1.807, 2.05) is 19.0 Å². The molecule has 89 heavy (non-hydrogen) atoms. The van der Waals surface area contributed by atoms with Crippen LogP contribution in [0.4, 0.5) is 4.79 Å². The number of hydrogen-bond donors (Lipinski definition) is 0. The minimum Gasteiger partial charge on any atom is -0.465 e. The highest BCUT2D eigenvalue weighted by Gasteiger charge is 2.24. The Labute approximate surface area is 544 Å². The molecule has 2 amide bonds. The van der Waals surface area contributed by atoms with Crippen molar-refractivity contribution in [3.8, 4) is 0 Å². The average Bonchev–Trinajstić information content (AvgIpc) is 3.73. The van der Waals surface area contributed by atoms with Gasteiger partial charge in [0.15, 0.2) is 0 Å². The van der Waals surface area contributed by atoms with E-state index >= 15 is 0 Å². The monoisotopic (exact) mass is 1260 g/mol. The van der Waals surface area contributed by atoms with Crippen molar-refractivity contribution in [3.63, 3.8) is 0 Å². The molecule has 0 unspecified atom stereocenters. The molecule has 0 N–H and O–H groups in total. The van der Waals surface area contributed by atoms with Crippen molar-refractivity contribution in [1.29, 1.82) is 0 Å². The Kier molecular flexibility index (Phi) is 61.3. The molecular formula is C73H137N3O13. The average molecular weight is 1260 g/mol. The van der Waals surface area contributed by atoms with Crippen molar-refractivity contribution in [2.24, 2.45) is 11.8 Å². The lowest BCUT2D eigenvalue weighted by Gasteiger charge is -2.28. The Hall–Kier alpha value is -3.95. The van der Waals surface area contributed by atoms with E-state index in [0.717, 1.165) is 116 Å². The zero-order valence-electron chi connectivity index (χ0n) is 58.6. The van der Waals surface area contributed by atoms with E-state index in [1.165, 1.54) is 159 Å². The van der Waals surface area contributed by atoms with Gasteiger partial charge >= 0.3 is 41.8 Å². The quantitative estimate of drug-likeness (QED) is 0.0318. The zero-order chi connectivity index (χ0) is 65.5. The van der Waals surface area contributed by atoms with Crippen LogP contribution in [-0.2, 0) is 57.2 Å². The number of unbranched alkanes of at least 4 members (excludes halogenated alkanes) is 36. The lowest BCUT2D eigenvalue weighted by molar-refractivity contribution is -0.155. The summed E-state index contributed by atoms with van der Waals surface area (Å²) < 4.78 is 34.0. The molecule has 0 aromatic rings. The predicted molar refractivity (Wildman–Crippen MR) is 361 cm³/mol. The lowest BCUT2D eigenvalue weighted by Crippen LogP contribution is -2.45. The summed E-state index contributed by atoms with van der Waals surface area (Å²) in [7, 11) is 5.62. The van der Waals surface area contributed by atoms with Crippen molar-refractivity contribution in [1.82, 2.24) is 14.7 Å². The Morgan fingerprint density at radius 1 is 0.270 bits per heavy atom. The molecule has 0 aliphatic carbocycles. The zero-order valence-corrected chi connectivity index (χ0v) is 58.6. The highest BCUT2D eigenvalue weighted by atomic mass is 16.6. The van der Waals surface area contributed by atoms with Gasteiger partial charge in [-0.05, 0) is 52.7 Å². The molecule has 0 radical (unpaired) electrons. The molecule has 0 fully saturated rings. The van der Waals surface area contributed by atoms with Gasteiger partial charge in [0, 0.05) is 51.1 Å². The van der Waals surface area contributed by atoms with Crippen LogP contribution < -0.4 is 0 Å². The van der Waals surface area contributed by atoms with E-state index in [1.54, 1.807) is 11.9 Å². The first kappa shape index (κ1) is 85.0.